The molecule has 0 aliphatic carbocycles. The van der Waals surface area contributed by atoms with Gasteiger partial charge >= 0.3 is 0 Å². The minimum atomic E-state index is 0.300. The first kappa shape index (κ1) is 26.4. The molecule has 0 saturated carbocycles. The van der Waals surface area contributed by atoms with Crippen molar-refractivity contribution >= 4 is 65.2 Å². The van der Waals surface area contributed by atoms with Crippen LogP contribution >= 0.6 is 0 Å². The minimum absolute atomic E-state index is 0.300. The van der Waals surface area contributed by atoms with Crippen LogP contribution in [0.25, 0.3) is 99.6 Å². The maximum Gasteiger partial charge on any atom is 0.220 e. The summed E-state index contributed by atoms with van der Waals surface area (Å²) in [6, 6.07) is 41.1. The number of rotatable bonds is 3. The highest BCUT2D eigenvalue weighted by atomic mass is 15.2. The van der Waals surface area contributed by atoms with E-state index in [1.165, 1.54) is 26.9 Å². The first-order valence-electron chi connectivity index (χ1n) is 15.6. The van der Waals surface area contributed by atoms with Crippen LogP contribution in [0.3, 0.4) is 0 Å². The maximum atomic E-state index is 5.02. The Bertz CT molecular complexity index is 2660. The average Bonchev–Trinajstić information content (AvgIpc) is 3.18. The SMILES string of the molecule is c1ccc(-c2nc(-c3ccc4c5ccccc5c5ccccc5c4c3)nc(-c3nnc4c5cccnc5c5ncccc5c4n3)n2)cc1. The zero-order valence-corrected chi connectivity index (χ0v) is 25.3. The Labute approximate surface area is 272 Å². The van der Waals surface area contributed by atoms with Crippen molar-refractivity contribution in [2.24, 2.45) is 0 Å². The van der Waals surface area contributed by atoms with Crippen molar-refractivity contribution in [3.05, 3.63) is 134 Å². The van der Waals surface area contributed by atoms with Crippen LogP contribution in [0.5, 0.6) is 0 Å². The summed E-state index contributed by atoms with van der Waals surface area (Å²) >= 11 is 0. The molecule has 10 aromatic rings. The summed E-state index contributed by atoms with van der Waals surface area (Å²) < 4.78 is 0. The van der Waals surface area contributed by atoms with Gasteiger partial charge in [0.1, 0.15) is 11.0 Å². The molecule has 0 unspecified atom stereocenters. The van der Waals surface area contributed by atoms with Gasteiger partial charge in [0.25, 0.3) is 0 Å². The molecule has 0 aliphatic heterocycles. The Hall–Kier alpha value is -6.80. The summed E-state index contributed by atoms with van der Waals surface area (Å²) in [5, 5.41) is 18.0. The van der Waals surface area contributed by atoms with Gasteiger partial charge in [-0.3, -0.25) is 9.97 Å². The van der Waals surface area contributed by atoms with Crippen molar-refractivity contribution in [3.8, 4) is 34.4 Å². The Morgan fingerprint density at radius 1 is 0.292 bits per heavy atom. The summed E-state index contributed by atoms with van der Waals surface area (Å²) in [4.78, 5) is 29.1. The van der Waals surface area contributed by atoms with Crippen LogP contribution in [0.4, 0.5) is 0 Å². The molecule has 0 saturated heterocycles. The third-order valence-corrected chi connectivity index (χ3v) is 8.91. The quantitative estimate of drug-likeness (QED) is 0.182. The number of benzene rings is 6. The van der Waals surface area contributed by atoms with Crippen LogP contribution in [0.15, 0.2) is 134 Å². The largest absolute Gasteiger partial charge is 0.254 e. The van der Waals surface area contributed by atoms with Crippen molar-refractivity contribution in [1.29, 1.82) is 0 Å². The summed E-state index contributed by atoms with van der Waals surface area (Å²) in [6.07, 6.45) is 3.52. The number of aromatic nitrogens is 8. The van der Waals surface area contributed by atoms with E-state index in [0.717, 1.165) is 38.3 Å². The molecule has 4 heterocycles. The number of hydrogen-bond acceptors (Lipinski definition) is 8. The molecule has 0 amide bonds. The van der Waals surface area contributed by atoms with Gasteiger partial charge in [-0.05, 0) is 62.6 Å². The zero-order chi connectivity index (χ0) is 31.6. The highest BCUT2D eigenvalue weighted by Crippen LogP contribution is 2.37. The molecule has 8 heteroatoms. The van der Waals surface area contributed by atoms with Gasteiger partial charge in [0.2, 0.25) is 11.6 Å². The lowest BCUT2D eigenvalue weighted by molar-refractivity contribution is 0.983. The third kappa shape index (κ3) is 4.03. The molecular formula is C40H22N8. The van der Waals surface area contributed by atoms with E-state index < -0.39 is 0 Å². The van der Waals surface area contributed by atoms with Crippen molar-refractivity contribution < 1.29 is 0 Å². The second kappa shape index (κ2) is 10.4. The van der Waals surface area contributed by atoms with Gasteiger partial charge in [0.15, 0.2) is 11.6 Å². The second-order valence-corrected chi connectivity index (χ2v) is 11.7. The first-order chi connectivity index (χ1) is 23.8. The smallest absolute Gasteiger partial charge is 0.220 e. The van der Waals surface area contributed by atoms with Crippen molar-refractivity contribution in [2.45, 2.75) is 0 Å². The number of hydrogen-bond donors (Lipinski definition) is 0. The summed E-state index contributed by atoms with van der Waals surface area (Å²) in [5.41, 5.74) is 4.55. The molecule has 0 aliphatic rings. The Morgan fingerprint density at radius 3 is 1.48 bits per heavy atom. The second-order valence-electron chi connectivity index (χ2n) is 11.7. The molecule has 0 N–H and O–H groups in total. The topological polar surface area (TPSA) is 103 Å². The highest BCUT2D eigenvalue weighted by Gasteiger charge is 2.19. The lowest BCUT2D eigenvalue weighted by Gasteiger charge is -2.12. The van der Waals surface area contributed by atoms with E-state index in [9.17, 15) is 0 Å². The normalized spacial score (nSPS) is 11.8. The van der Waals surface area contributed by atoms with Gasteiger partial charge in [-0.25, -0.2) is 19.9 Å². The first-order valence-corrected chi connectivity index (χ1v) is 15.6. The predicted octanol–water partition coefficient (Wildman–Crippen LogP) is 8.77. The van der Waals surface area contributed by atoms with Crippen molar-refractivity contribution in [3.63, 3.8) is 0 Å². The van der Waals surface area contributed by atoms with Crippen LogP contribution in [0.2, 0.25) is 0 Å². The van der Waals surface area contributed by atoms with Crippen molar-refractivity contribution in [1.82, 2.24) is 40.1 Å². The standard InChI is InChI=1S/C40H22N8/c1-2-10-23(11-3-1)37-44-38(24-18-19-29-27-14-5-4-12-25(27)26-13-6-7-15-28(26)32(29)22-24)46-39(45-37)40-43-35-30-16-8-20-41-33(30)34-31(17-9-21-42-34)36(35)47-48-40/h1-22H. The number of nitrogens with zero attached hydrogens (tertiary/aromatic N) is 8. The number of fused-ring (bicyclic) bond motifs is 12. The van der Waals surface area contributed by atoms with Gasteiger partial charge in [0.05, 0.1) is 11.0 Å². The molecule has 0 fully saturated rings. The fraction of sp³-hybridized carbons (Fsp3) is 0. The van der Waals surface area contributed by atoms with Crippen LogP contribution in [-0.2, 0) is 0 Å². The Balaban J connectivity index is 1.23. The molecule has 8 nitrogen and oxygen atoms in total. The zero-order valence-electron chi connectivity index (χ0n) is 25.3. The monoisotopic (exact) mass is 614 g/mol. The van der Waals surface area contributed by atoms with E-state index in [0.29, 0.717) is 34.3 Å². The molecule has 0 radical (unpaired) electrons. The van der Waals surface area contributed by atoms with Gasteiger partial charge in [-0.2, -0.15) is 0 Å². The molecule has 10 rings (SSSR count). The molecule has 0 atom stereocenters. The van der Waals surface area contributed by atoms with Crippen LogP contribution < -0.4 is 0 Å². The van der Waals surface area contributed by atoms with Gasteiger partial charge < -0.3 is 0 Å². The van der Waals surface area contributed by atoms with Gasteiger partial charge in [0, 0.05) is 34.3 Å². The average molecular weight is 615 g/mol. The van der Waals surface area contributed by atoms with Crippen LogP contribution in [-0.4, -0.2) is 40.1 Å². The van der Waals surface area contributed by atoms with E-state index in [4.69, 9.17) is 19.9 Å². The molecule has 0 bridgehead atoms. The van der Waals surface area contributed by atoms with E-state index in [-0.39, 0.29) is 0 Å². The molecule has 0 spiro atoms. The lowest BCUT2D eigenvalue weighted by Crippen LogP contribution is -2.04. The van der Waals surface area contributed by atoms with E-state index >= 15 is 0 Å². The molecule has 4 aromatic heterocycles. The van der Waals surface area contributed by atoms with E-state index in [1.54, 1.807) is 12.4 Å². The molecule has 222 valence electrons. The summed E-state index contributed by atoms with van der Waals surface area (Å²) in [5.74, 6) is 1.68. The molecular weight excluding hydrogens is 592 g/mol. The predicted molar refractivity (Wildman–Crippen MR) is 190 cm³/mol. The fourth-order valence-corrected chi connectivity index (χ4v) is 6.73. The Kier molecular flexibility index (Phi) is 5.71. The minimum Gasteiger partial charge on any atom is -0.254 e. The van der Waals surface area contributed by atoms with E-state index in [1.807, 2.05) is 54.6 Å². The van der Waals surface area contributed by atoms with Crippen LogP contribution in [0, 0.1) is 0 Å². The molecule has 6 aromatic carbocycles. The Morgan fingerprint density at radius 2 is 0.812 bits per heavy atom. The van der Waals surface area contributed by atoms with Crippen LogP contribution in [0.1, 0.15) is 0 Å². The fourth-order valence-electron chi connectivity index (χ4n) is 6.73. The van der Waals surface area contributed by atoms with Crippen molar-refractivity contribution in [2.75, 3.05) is 0 Å². The highest BCUT2D eigenvalue weighted by molar-refractivity contribution is 6.25. The lowest BCUT2D eigenvalue weighted by atomic mass is 9.93. The van der Waals surface area contributed by atoms with E-state index in [2.05, 4.69) is 86.9 Å². The summed E-state index contributed by atoms with van der Waals surface area (Å²) in [6.45, 7) is 0. The van der Waals surface area contributed by atoms with Gasteiger partial charge in [-0.15, -0.1) is 10.2 Å². The van der Waals surface area contributed by atoms with Gasteiger partial charge in [-0.1, -0.05) is 91.0 Å². The number of pyridine rings is 2. The summed E-state index contributed by atoms with van der Waals surface area (Å²) in [7, 11) is 0. The molecule has 48 heavy (non-hydrogen) atoms. The third-order valence-electron chi connectivity index (χ3n) is 8.91. The maximum absolute atomic E-state index is 5.02.